The number of carbonyl (C=O) groups is 1. The van der Waals surface area contributed by atoms with E-state index in [9.17, 15) is 9.90 Å². The lowest BCUT2D eigenvalue weighted by Crippen LogP contribution is -2.53. The Morgan fingerprint density at radius 3 is 2.96 bits per heavy atom. The zero-order valence-electron chi connectivity index (χ0n) is 14.1. The summed E-state index contributed by atoms with van der Waals surface area (Å²) in [5.41, 5.74) is -0.423. The van der Waals surface area contributed by atoms with Gasteiger partial charge in [0, 0.05) is 19.3 Å². The summed E-state index contributed by atoms with van der Waals surface area (Å²) in [6.45, 7) is 4.08. The van der Waals surface area contributed by atoms with E-state index in [2.05, 4.69) is 9.88 Å². The number of thioether (sulfide) groups is 1. The third-order valence-corrected chi connectivity index (χ3v) is 5.27. The van der Waals surface area contributed by atoms with Gasteiger partial charge in [-0.1, -0.05) is 0 Å². The van der Waals surface area contributed by atoms with Crippen molar-refractivity contribution >= 4 is 17.7 Å². The Hall–Kier alpha value is -1.15. The monoisotopic (exact) mass is 351 g/mol. The summed E-state index contributed by atoms with van der Waals surface area (Å²) < 4.78 is 5.60. The molecule has 6 nitrogen and oxygen atoms in total. The molecule has 1 unspecified atom stereocenters. The Morgan fingerprint density at radius 2 is 2.21 bits per heavy atom. The van der Waals surface area contributed by atoms with Crippen LogP contribution in [0.25, 0.3) is 0 Å². The first-order valence-corrected chi connectivity index (χ1v) is 9.64. The quantitative estimate of drug-likeness (QED) is 0.820. The van der Waals surface area contributed by atoms with E-state index in [-0.39, 0.29) is 12.5 Å². The molecule has 2 aliphatic rings. The number of likely N-dealkylation sites (tertiary alicyclic amines) is 1. The lowest BCUT2D eigenvalue weighted by molar-refractivity contribution is -0.0524. The number of aromatic nitrogens is 1. The number of amides is 1. The van der Waals surface area contributed by atoms with Crippen molar-refractivity contribution in [3.8, 4) is 0 Å². The molecule has 1 N–H and O–H groups in total. The van der Waals surface area contributed by atoms with Crippen molar-refractivity contribution in [2.24, 2.45) is 0 Å². The second kappa shape index (κ2) is 7.82. The van der Waals surface area contributed by atoms with E-state index >= 15 is 0 Å². The minimum atomic E-state index is -1.02. The summed E-state index contributed by atoms with van der Waals surface area (Å²) in [5.74, 6) is -0.0854. The van der Waals surface area contributed by atoms with E-state index in [1.165, 1.54) is 24.6 Å². The van der Waals surface area contributed by atoms with Gasteiger partial charge in [0.1, 0.15) is 10.6 Å². The van der Waals surface area contributed by atoms with Crippen LogP contribution in [0.2, 0.25) is 0 Å². The highest BCUT2D eigenvalue weighted by Crippen LogP contribution is 2.22. The first kappa shape index (κ1) is 17.7. The summed E-state index contributed by atoms with van der Waals surface area (Å²) in [4.78, 5) is 21.2. The number of aliphatic hydroxyl groups is 1. The molecule has 132 valence electrons. The van der Waals surface area contributed by atoms with Crippen LogP contribution >= 0.6 is 11.8 Å². The van der Waals surface area contributed by atoms with Gasteiger partial charge < -0.3 is 19.6 Å². The highest BCUT2D eigenvalue weighted by Gasteiger charge is 2.37. The van der Waals surface area contributed by atoms with Crippen LogP contribution in [0.5, 0.6) is 0 Å². The van der Waals surface area contributed by atoms with E-state index < -0.39 is 5.60 Å². The number of hydrogen-bond acceptors (Lipinski definition) is 6. The predicted octanol–water partition coefficient (Wildman–Crippen LogP) is 1.10. The molecule has 1 aromatic heterocycles. The summed E-state index contributed by atoms with van der Waals surface area (Å²) in [6, 6.07) is 3.57. The number of rotatable bonds is 4. The van der Waals surface area contributed by atoms with E-state index in [0.29, 0.717) is 31.8 Å². The topological polar surface area (TPSA) is 65.9 Å². The minimum absolute atomic E-state index is 0.0854. The molecule has 0 spiro atoms. The Labute approximate surface area is 147 Å². The van der Waals surface area contributed by atoms with Gasteiger partial charge in [0.25, 0.3) is 5.91 Å². The molecule has 0 aromatic carbocycles. The van der Waals surface area contributed by atoms with Gasteiger partial charge in [-0.25, -0.2) is 4.98 Å². The van der Waals surface area contributed by atoms with Gasteiger partial charge in [0.05, 0.1) is 25.3 Å². The normalized spacial score (nSPS) is 25.7. The first-order chi connectivity index (χ1) is 11.6. The smallest absolute Gasteiger partial charge is 0.256 e. The van der Waals surface area contributed by atoms with Crippen LogP contribution in [0.15, 0.2) is 23.4 Å². The third-order valence-electron chi connectivity index (χ3n) is 4.56. The second-order valence-electron chi connectivity index (χ2n) is 6.55. The lowest BCUT2D eigenvalue weighted by atomic mass is 10.0. The molecule has 3 rings (SSSR count). The maximum Gasteiger partial charge on any atom is 0.256 e. The molecule has 1 aromatic rings. The summed E-state index contributed by atoms with van der Waals surface area (Å²) in [6.07, 6.45) is 5.95. The average molecular weight is 351 g/mol. The van der Waals surface area contributed by atoms with Crippen molar-refractivity contribution in [1.29, 1.82) is 0 Å². The fourth-order valence-corrected chi connectivity index (χ4v) is 3.97. The zero-order valence-corrected chi connectivity index (χ0v) is 14.9. The van der Waals surface area contributed by atoms with E-state index in [4.69, 9.17) is 4.74 Å². The number of nitrogens with zero attached hydrogens (tertiary/aromatic N) is 3. The fourth-order valence-electron chi connectivity index (χ4n) is 3.43. The van der Waals surface area contributed by atoms with Gasteiger partial charge in [-0.05, 0) is 44.3 Å². The molecule has 2 fully saturated rings. The molecule has 2 saturated heterocycles. The molecule has 24 heavy (non-hydrogen) atoms. The molecule has 0 radical (unpaired) electrons. The first-order valence-electron chi connectivity index (χ1n) is 8.42. The average Bonchev–Trinajstić information content (AvgIpc) is 3.01. The molecule has 1 atom stereocenters. The highest BCUT2D eigenvalue weighted by molar-refractivity contribution is 7.98. The summed E-state index contributed by atoms with van der Waals surface area (Å²) >= 11 is 1.46. The molecule has 0 aliphatic carbocycles. The van der Waals surface area contributed by atoms with Crippen molar-refractivity contribution in [2.75, 3.05) is 52.2 Å². The Balaban J connectivity index is 1.75. The van der Waals surface area contributed by atoms with Crippen molar-refractivity contribution < 1.29 is 14.6 Å². The van der Waals surface area contributed by atoms with Crippen LogP contribution in [0.1, 0.15) is 23.2 Å². The maximum atomic E-state index is 12.9. The van der Waals surface area contributed by atoms with Crippen LogP contribution in [-0.4, -0.2) is 83.6 Å². The third kappa shape index (κ3) is 4.08. The largest absolute Gasteiger partial charge is 0.384 e. The van der Waals surface area contributed by atoms with Crippen LogP contribution in [-0.2, 0) is 4.74 Å². The van der Waals surface area contributed by atoms with Crippen molar-refractivity contribution in [3.63, 3.8) is 0 Å². The SMILES string of the molecule is CSc1ncccc1C(=O)N1CCOCC(O)(CN2CCCC2)C1. The number of carbonyl (C=O) groups excluding carboxylic acids is 1. The predicted molar refractivity (Wildman–Crippen MR) is 93.4 cm³/mol. The Bertz CT molecular complexity index is 580. The zero-order chi connectivity index (χ0) is 17.0. The van der Waals surface area contributed by atoms with Crippen LogP contribution in [0, 0.1) is 0 Å². The van der Waals surface area contributed by atoms with Crippen molar-refractivity contribution in [2.45, 2.75) is 23.5 Å². The standard InChI is InChI=1S/C17H25N3O3S/c1-24-15-14(5-4-6-18-15)16(21)20-9-10-23-13-17(22,12-20)11-19-7-2-3-8-19/h4-6,22H,2-3,7-13H2,1H3. The van der Waals surface area contributed by atoms with Gasteiger partial charge >= 0.3 is 0 Å². The van der Waals surface area contributed by atoms with E-state index in [1.807, 2.05) is 6.26 Å². The number of ether oxygens (including phenoxy) is 1. The number of hydrogen-bond donors (Lipinski definition) is 1. The van der Waals surface area contributed by atoms with Crippen LogP contribution < -0.4 is 0 Å². The second-order valence-corrected chi connectivity index (χ2v) is 7.34. The molecule has 0 bridgehead atoms. The van der Waals surface area contributed by atoms with Gasteiger partial charge in [-0.15, -0.1) is 11.8 Å². The summed E-state index contributed by atoms with van der Waals surface area (Å²) in [7, 11) is 0. The van der Waals surface area contributed by atoms with Crippen molar-refractivity contribution in [3.05, 3.63) is 23.9 Å². The van der Waals surface area contributed by atoms with Gasteiger partial charge in [-0.2, -0.15) is 0 Å². The number of pyridine rings is 1. The fraction of sp³-hybridized carbons (Fsp3) is 0.647. The van der Waals surface area contributed by atoms with Crippen LogP contribution in [0.4, 0.5) is 0 Å². The van der Waals surface area contributed by atoms with E-state index in [1.54, 1.807) is 23.2 Å². The lowest BCUT2D eigenvalue weighted by Gasteiger charge is -2.34. The highest BCUT2D eigenvalue weighted by atomic mass is 32.2. The van der Waals surface area contributed by atoms with E-state index in [0.717, 1.165) is 18.1 Å². The molecule has 1 amide bonds. The number of β-amino-alcohol motifs (C(OH)–C–C–N with tert-alkyl or cyclic N) is 1. The Kier molecular flexibility index (Phi) is 5.76. The molecular formula is C17H25N3O3S. The van der Waals surface area contributed by atoms with Crippen molar-refractivity contribution in [1.82, 2.24) is 14.8 Å². The minimum Gasteiger partial charge on any atom is -0.384 e. The van der Waals surface area contributed by atoms with Gasteiger partial charge in [-0.3, -0.25) is 4.79 Å². The Morgan fingerprint density at radius 1 is 1.42 bits per heavy atom. The maximum absolute atomic E-state index is 12.9. The van der Waals surface area contributed by atoms with Gasteiger partial charge in [0.2, 0.25) is 0 Å². The molecule has 0 saturated carbocycles. The van der Waals surface area contributed by atoms with Gasteiger partial charge in [0.15, 0.2) is 0 Å². The van der Waals surface area contributed by atoms with Crippen LogP contribution in [0.3, 0.4) is 0 Å². The molecule has 7 heteroatoms. The molecule has 2 aliphatic heterocycles. The molecular weight excluding hydrogens is 326 g/mol. The summed E-state index contributed by atoms with van der Waals surface area (Å²) in [5, 5.41) is 11.7. The molecule has 3 heterocycles.